The van der Waals surface area contributed by atoms with Gasteiger partial charge in [0.1, 0.15) is 0 Å². The highest BCUT2D eigenvalue weighted by Gasteiger charge is 2.04. The Bertz CT molecular complexity index is 308. The maximum Gasteiger partial charge on any atom is 0.298 e. The lowest BCUT2D eigenvalue weighted by Gasteiger charge is -2.16. The molecule has 0 aromatic heterocycles. The topological polar surface area (TPSA) is 29.5 Å². The average Bonchev–Trinajstić information content (AvgIpc) is 2.08. The molecule has 0 unspecified atom stereocenters. The molecule has 0 aliphatic carbocycles. The van der Waals surface area contributed by atoms with Gasteiger partial charge in [-0.25, -0.2) is 0 Å². The van der Waals surface area contributed by atoms with E-state index in [-0.39, 0.29) is 0 Å². The third-order valence-electron chi connectivity index (χ3n) is 1.77. The van der Waals surface area contributed by atoms with Crippen LogP contribution in [0.3, 0.4) is 0 Å². The highest BCUT2D eigenvalue weighted by Crippen LogP contribution is 2.27. The smallest absolute Gasteiger partial charge is 0.298 e. The summed E-state index contributed by atoms with van der Waals surface area (Å²) in [5.74, 6) is 0.589. The van der Waals surface area contributed by atoms with Gasteiger partial charge in [0.15, 0.2) is 5.75 Å². The first-order chi connectivity index (χ1) is 6.15. The highest BCUT2D eigenvalue weighted by molar-refractivity contribution is 5.62. The molecule has 0 saturated heterocycles. The molecule has 3 heteroatoms. The second-order valence-corrected chi connectivity index (χ2v) is 3.08. The van der Waals surface area contributed by atoms with E-state index >= 15 is 0 Å². The van der Waals surface area contributed by atoms with Crippen molar-refractivity contribution >= 4 is 12.2 Å². The van der Waals surface area contributed by atoms with Gasteiger partial charge in [0.25, 0.3) is 6.47 Å². The van der Waals surface area contributed by atoms with Gasteiger partial charge < -0.3 is 9.64 Å². The van der Waals surface area contributed by atoms with Crippen molar-refractivity contribution in [2.75, 3.05) is 19.0 Å². The van der Waals surface area contributed by atoms with Crippen LogP contribution in [0.15, 0.2) is 18.2 Å². The van der Waals surface area contributed by atoms with E-state index in [2.05, 4.69) is 0 Å². The van der Waals surface area contributed by atoms with Gasteiger partial charge in [-0.05, 0) is 24.6 Å². The van der Waals surface area contributed by atoms with Crippen molar-refractivity contribution in [3.63, 3.8) is 0 Å². The zero-order chi connectivity index (χ0) is 9.84. The fourth-order valence-corrected chi connectivity index (χ4v) is 1.13. The first kappa shape index (κ1) is 9.58. The summed E-state index contributed by atoms with van der Waals surface area (Å²) in [6.07, 6.45) is 0. The Morgan fingerprint density at radius 3 is 2.62 bits per heavy atom. The number of benzene rings is 1. The molecule has 0 heterocycles. The summed E-state index contributed by atoms with van der Waals surface area (Å²) in [7, 11) is 3.82. The number of carbonyl (C=O) groups excluding carboxylic acids is 1. The number of anilines is 1. The number of hydrogen-bond donors (Lipinski definition) is 0. The molecule has 3 nitrogen and oxygen atoms in total. The maximum atomic E-state index is 10.2. The second-order valence-electron chi connectivity index (χ2n) is 3.08. The molecule has 1 aromatic rings. The number of ether oxygens (including phenoxy) is 1. The zero-order valence-corrected chi connectivity index (χ0v) is 8.07. The molecule has 0 N–H and O–H groups in total. The number of carbonyl (C=O) groups is 1. The van der Waals surface area contributed by atoms with Crippen LogP contribution < -0.4 is 9.64 Å². The molecule has 0 spiro atoms. The van der Waals surface area contributed by atoms with E-state index in [4.69, 9.17) is 4.74 Å². The van der Waals surface area contributed by atoms with E-state index in [1.807, 2.05) is 38.1 Å². The molecule has 0 radical (unpaired) electrons. The second kappa shape index (κ2) is 3.94. The Balaban J connectivity index is 3.10. The third kappa shape index (κ3) is 2.21. The summed E-state index contributed by atoms with van der Waals surface area (Å²) >= 11 is 0. The monoisotopic (exact) mass is 179 g/mol. The van der Waals surface area contributed by atoms with Gasteiger partial charge in [-0.3, -0.25) is 4.79 Å². The van der Waals surface area contributed by atoms with Crippen LogP contribution in [0.5, 0.6) is 5.75 Å². The molecule has 70 valence electrons. The van der Waals surface area contributed by atoms with Crippen LogP contribution in [0.1, 0.15) is 5.56 Å². The van der Waals surface area contributed by atoms with Crippen molar-refractivity contribution in [3.05, 3.63) is 23.8 Å². The molecular weight excluding hydrogens is 166 g/mol. The lowest BCUT2D eigenvalue weighted by molar-refractivity contribution is -0.120. The van der Waals surface area contributed by atoms with Crippen molar-refractivity contribution in [3.8, 4) is 5.75 Å². The van der Waals surface area contributed by atoms with Gasteiger partial charge in [-0.1, -0.05) is 6.07 Å². The van der Waals surface area contributed by atoms with Crippen LogP contribution in [-0.4, -0.2) is 20.6 Å². The van der Waals surface area contributed by atoms with Crippen molar-refractivity contribution < 1.29 is 9.53 Å². The van der Waals surface area contributed by atoms with Gasteiger partial charge in [-0.2, -0.15) is 0 Å². The standard InChI is InChI=1S/C10H13NO2/c1-8-4-5-10(13-7-12)9(6-8)11(2)3/h4-7H,1-3H3. The summed E-state index contributed by atoms with van der Waals surface area (Å²) in [4.78, 5) is 12.1. The predicted molar refractivity (Wildman–Crippen MR) is 52.2 cm³/mol. The van der Waals surface area contributed by atoms with Crippen molar-refractivity contribution in [1.82, 2.24) is 0 Å². The van der Waals surface area contributed by atoms with Gasteiger partial charge in [0.2, 0.25) is 0 Å². The van der Waals surface area contributed by atoms with E-state index in [1.165, 1.54) is 0 Å². The van der Waals surface area contributed by atoms with Gasteiger partial charge >= 0.3 is 0 Å². The van der Waals surface area contributed by atoms with Crippen molar-refractivity contribution in [2.24, 2.45) is 0 Å². The van der Waals surface area contributed by atoms with Gasteiger partial charge in [0, 0.05) is 14.1 Å². The van der Waals surface area contributed by atoms with Crippen LogP contribution >= 0.6 is 0 Å². The van der Waals surface area contributed by atoms with Crippen LogP contribution in [0.2, 0.25) is 0 Å². The minimum Gasteiger partial charge on any atom is -0.427 e. The Morgan fingerprint density at radius 1 is 1.38 bits per heavy atom. The molecule has 0 aliphatic heterocycles. The Morgan fingerprint density at radius 2 is 2.08 bits per heavy atom. The molecular formula is C10H13NO2. The van der Waals surface area contributed by atoms with Crippen molar-refractivity contribution in [2.45, 2.75) is 6.92 Å². The normalized spacial score (nSPS) is 9.46. The quantitative estimate of drug-likeness (QED) is 0.660. The summed E-state index contributed by atoms with van der Waals surface area (Å²) in [6.45, 7) is 2.44. The maximum absolute atomic E-state index is 10.2. The summed E-state index contributed by atoms with van der Waals surface area (Å²) < 4.78 is 4.83. The summed E-state index contributed by atoms with van der Waals surface area (Å²) in [5, 5.41) is 0. The molecule has 1 rings (SSSR count). The fourth-order valence-electron chi connectivity index (χ4n) is 1.13. The van der Waals surface area contributed by atoms with Crippen LogP contribution in [-0.2, 0) is 4.79 Å². The fraction of sp³-hybridized carbons (Fsp3) is 0.300. The predicted octanol–water partition coefficient (Wildman–Crippen LogP) is 1.60. The highest BCUT2D eigenvalue weighted by atomic mass is 16.5. The molecule has 0 aliphatic rings. The van der Waals surface area contributed by atoms with E-state index in [0.29, 0.717) is 12.2 Å². The lowest BCUT2D eigenvalue weighted by atomic mass is 10.2. The summed E-state index contributed by atoms with van der Waals surface area (Å²) in [6, 6.07) is 5.67. The Labute approximate surface area is 77.9 Å². The zero-order valence-electron chi connectivity index (χ0n) is 8.07. The van der Waals surface area contributed by atoms with E-state index < -0.39 is 0 Å². The first-order valence-electron chi connectivity index (χ1n) is 4.03. The SMILES string of the molecule is Cc1ccc(OC=O)c(N(C)C)c1. The molecule has 13 heavy (non-hydrogen) atoms. The summed E-state index contributed by atoms with van der Waals surface area (Å²) in [5.41, 5.74) is 2.05. The minimum absolute atomic E-state index is 0.442. The number of rotatable bonds is 3. The first-order valence-corrected chi connectivity index (χ1v) is 4.03. The molecule has 0 atom stereocenters. The average molecular weight is 179 g/mol. The van der Waals surface area contributed by atoms with Crippen LogP contribution in [0.25, 0.3) is 0 Å². The van der Waals surface area contributed by atoms with E-state index in [0.717, 1.165) is 11.3 Å². The van der Waals surface area contributed by atoms with Crippen LogP contribution in [0, 0.1) is 6.92 Å². The molecule has 0 bridgehead atoms. The van der Waals surface area contributed by atoms with Gasteiger partial charge in [-0.15, -0.1) is 0 Å². The lowest BCUT2D eigenvalue weighted by Crippen LogP contribution is -2.10. The molecule has 0 amide bonds. The molecule has 1 aromatic carbocycles. The number of aryl methyl sites for hydroxylation is 1. The Kier molecular flexibility index (Phi) is 2.90. The number of nitrogens with zero attached hydrogens (tertiary/aromatic N) is 1. The van der Waals surface area contributed by atoms with E-state index in [1.54, 1.807) is 6.07 Å². The largest absolute Gasteiger partial charge is 0.427 e. The Hall–Kier alpha value is -1.51. The number of hydrogen-bond acceptors (Lipinski definition) is 3. The molecule has 0 saturated carbocycles. The van der Waals surface area contributed by atoms with Gasteiger partial charge in [0.05, 0.1) is 5.69 Å². The molecule has 0 fully saturated rings. The van der Waals surface area contributed by atoms with E-state index in [9.17, 15) is 4.79 Å². The third-order valence-corrected chi connectivity index (χ3v) is 1.77. The van der Waals surface area contributed by atoms with Crippen molar-refractivity contribution in [1.29, 1.82) is 0 Å². The minimum atomic E-state index is 0.442. The van der Waals surface area contributed by atoms with Crippen LogP contribution in [0.4, 0.5) is 5.69 Å².